The Hall–Kier alpha value is -2.50. The highest BCUT2D eigenvalue weighted by Gasteiger charge is 2.16. The molecule has 0 saturated heterocycles. The van der Waals surface area contributed by atoms with Crippen LogP contribution in [-0.2, 0) is 4.74 Å². The summed E-state index contributed by atoms with van der Waals surface area (Å²) in [7, 11) is 3.00. The van der Waals surface area contributed by atoms with Crippen molar-refractivity contribution in [1.29, 1.82) is 0 Å². The molecule has 0 radical (unpaired) electrons. The summed E-state index contributed by atoms with van der Waals surface area (Å²) < 4.78 is 15.3. The number of ether oxygens (including phenoxy) is 3. The zero-order valence-electron chi connectivity index (χ0n) is 12.2. The second-order valence-corrected chi connectivity index (χ2v) is 4.42. The zero-order valence-corrected chi connectivity index (χ0v) is 12.2. The molecule has 0 aliphatic rings. The van der Waals surface area contributed by atoms with E-state index < -0.39 is 11.4 Å². The van der Waals surface area contributed by atoms with Crippen molar-refractivity contribution in [3.05, 3.63) is 34.1 Å². The van der Waals surface area contributed by atoms with Gasteiger partial charge in [0.2, 0.25) is 5.43 Å². The fourth-order valence-corrected chi connectivity index (χ4v) is 1.97. The highest BCUT2D eigenvalue weighted by molar-refractivity contribution is 5.94. The van der Waals surface area contributed by atoms with Crippen LogP contribution in [0, 0.1) is 0 Å². The van der Waals surface area contributed by atoms with Crippen molar-refractivity contribution in [2.45, 2.75) is 13.3 Å². The summed E-state index contributed by atoms with van der Waals surface area (Å²) in [6.07, 6.45) is 2.05. The number of pyridine rings is 1. The average Bonchev–Trinajstić information content (AvgIpc) is 2.51. The van der Waals surface area contributed by atoms with E-state index in [4.69, 9.17) is 14.2 Å². The lowest BCUT2D eigenvalue weighted by molar-refractivity contribution is 0.0503. The van der Waals surface area contributed by atoms with Gasteiger partial charge < -0.3 is 19.2 Å². The van der Waals surface area contributed by atoms with Crippen LogP contribution in [0.4, 0.5) is 0 Å². The molecule has 0 aliphatic carbocycles. The first-order chi connectivity index (χ1) is 10.1. The molecule has 0 atom stereocenters. The van der Waals surface area contributed by atoms with Crippen LogP contribution in [-0.4, -0.2) is 31.8 Å². The zero-order chi connectivity index (χ0) is 15.4. The Balaban J connectivity index is 2.56. The Labute approximate surface area is 121 Å². The van der Waals surface area contributed by atoms with Crippen molar-refractivity contribution in [1.82, 2.24) is 4.98 Å². The molecule has 1 aromatic carbocycles. The van der Waals surface area contributed by atoms with Crippen LogP contribution in [0.2, 0.25) is 0 Å². The van der Waals surface area contributed by atoms with Crippen molar-refractivity contribution >= 4 is 16.9 Å². The van der Waals surface area contributed by atoms with Crippen LogP contribution >= 0.6 is 0 Å². The third-order valence-electron chi connectivity index (χ3n) is 3.04. The number of fused-ring (bicyclic) bond motifs is 1. The van der Waals surface area contributed by atoms with E-state index in [9.17, 15) is 9.59 Å². The summed E-state index contributed by atoms with van der Waals surface area (Å²) in [5.41, 5.74) is 0.138. The summed E-state index contributed by atoms with van der Waals surface area (Å²) in [4.78, 5) is 27.1. The maximum atomic E-state index is 12.4. The summed E-state index contributed by atoms with van der Waals surface area (Å²) in [5, 5.41) is 0.346. The lowest BCUT2D eigenvalue weighted by Gasteiger charge is -2.09. The van der Waals surface area contributed by atoms with Gasteiger partial charge >= 0.3 is 5.97 Å². The minimum Gasteiger partial charge on any atom is -0.493 e. The smallest absolute Gasteiger partial charge is 0.343 e. The molecule has 2 rings (SSSR count). The average molecular weight is 291 g/mol. The Bertz CT molecular complexity index is 720. The molecule has 1 heterocycles. The molecule has 0 bridgehead atoms. The van der Waals surface area contributed by atoms with Crippen LogP contribution in [0.1, 0.15) is 23.7 Å². The molecule has 0 unspecified atom stereocenters. The van der Waals surface area contributed by atoms with Crippen molar-refractivity contribution in [2.75, 3.05) is 20.8 Å². The van der Waals surface area contributed by atoms with Crippen LogP contribution in [0.3, 0.4) is 0 Å². The van der Waals surface area contributed by atoms with Gasteiger partial charge in [0.15, 0.2) is 11.5 Å². The van der Waals surface area contributed by atoms with Gasteiger partial charge in [0.25, 0.3) is 0 Å². The number of benzene rings is 1. The summed E-state index contributed by atoms with van der Waals surface area (Å²) >= 11 is 0. The first kappa shape index (κ1) is 14.9. The molecule has 112 valence electrons. The lowest BCUT2D eigenvalue weighted by Crippen LogP contribution is -2.18. The van der Waals surface area contributed by atoms with Gasteiger partial charge in [-0.25, -0.2) is 4.79 Å². The molecule has 1 aromatic heterocycles. The van der Waals surface area contributed by atoms with E-state index >= 15 is 0 Å². The van der Waals surface area contributed by atoms with Gasteiger partial charge in [-0.15, -0.1) is 0 Å². The number of methoxy groups -OCH3 is 2. The Morgan fingerprint density at radius 2 is 1.86 bits per heavy atom. The normalized spacial score (nSPS) is 10.4. The second kappa shape index (κ2) is 6.30. The molecule has 0 aliphatic heterocycles. The lowest BCUT2D eigenvalue weighted by atomic mass is 10.1. The van der Waals surface area contributed by atoms with E-state index in [0.29, 0.717) is 28.8 Å². The van der Waals surface area contributed by atoms with Crippen molar-refractivity contribution in [3.63, 3.8) is 0 Å². The molecule has 0 saturated carbocycles. The maximum absolute atomic E-state index is 12.4. The number of nitrogens with one attached hydrogen (secondary N) is 1. The van der Waals surface area contributed by atoms with E-state index in [0.717, 1.165) is 0 Å². The van der Waals surface area contributed by atoms with E-state index in [1.807, 2.05) is 6.92 Å². The predicted octanol–water partition coefficient (Wildman–Crippen LogP) is 2.11. The number of carbonyl (C=O) groups is 1. The highest BCUT2D eigenvalue weighted by atomic mass is 16.5. The molecule has 6 heteroatoms. The molecule has 1 N–H and O–H groups in total. The van der Waals surface area contributed by atoms with Gasteiger partial charge in [0.05, 0.1) is 31.7 Å². The van der Waals surface area contributed by atoms with Gasteiger partial charge in [-0.05, 0) is 12.5 Å². The number of rotatable bonds is 5. The quantitative estimate of drug-likeness (QED) is 0.854. The maximum Gasteiger partial charge on any atom is 0.343 e. The van der Waals surface area contributed by atoms with Crippen LogP contribution < -0.4 is 14.9 Å². The Morgan fingerprint density at radius 1 is 1.19 bits per heavy atom. The molecule has 2 aromatic rings. The summed E-state index contributed by atoms with van der Waals surface area (Å²) in [5.74, 6) is 0.298. The molecule has 21 heavy (non-hydrogen) atoms. The SMILES string of the molecule is CCCOC(=O)c1c[nH]c2cc(OC)c(OC)cc2c1=O. The van der Waals surface area contributed by atoms with E-state index in [2.05, 4.69) is 4.98 Å². The number of aromatic amines is 1. The minimum atomic E-state index is -0.630. The summed E-state index contributed by atoms with van der Waals surface area (Å²) in [6.45, 7) is 2.16. The minimum absolute atomic E-state index is 0.0248. The van der Waals surface area contributed by atoms with Crippen molar-refractivity contribution in [3.8, 4) is 11.5 Å². The topological polar surface area (TPSA) is 77.6 Å². The third kappa shape index (κ3) is 2.84. The van der Waals surface area contributed by atoms with Crippen molar-refractivity contribution in [2.24, 2.45) is 0 Å². The predicted molar refractivity (Wildman–Crippen MR) is 78.2 cm³/mol. The summed E-state index contributed by atoms with van der Waals surface area (Å²) in [6, 6.07) is 3.19. The Kier molecular flexibility index (Phi) is 4.47. The molecule has 6 nitrogen and oxygen atoms in total. The first-order valence-electron chi connectivity index (χ1n) is 6.56. The largest absolute Gasteiger partial charge is 0.493 e. The van der Waals surface area contributed by atoms with E-state index in [1.54, 1.807) is 12.1 Å². The monoisotopic (exact) mass is 291 g/mol. The van der Waals surface area contributed by atoms with E-state index in [-0.39, 0.29) is 12.2 Å². The van der Waals surface area contributed by atoms with Crippen molar-refractivity contribution < 1.29 is 19.0 Å². The van der Waals surface area contributed by atoms with Gasteiger partial charge in [0, 0.05) is 12.3 Å². The van der Waals surface area contributed by atoms with Gasteiger partial charge in [-0.2, -0.15) is 0 Å². The Morgan fingerprint density at radius 3 is 2.48 bits per heavy atom. The fraction of sp³-hybridized carbons (Fsp3) is 0.333. The van der Waals surface area contributed by atoms with Gasteiger partial charge in [-0.3, -0.25) is 4.79 Å². The first-order valence-corrected chi connectivity index (χ1v) is 6.56. The number of hydrogen-bond acceptors (Lipinski definition) is 5. The number of carbonyl (C=O) groups excluding carboxylic acids is 1. The van der Waals surface area contributed by atoms with Crippen LogP contribution in [0.25, 0.3) is 10.9 Å². The number of H-pyrrole nitrogens is 1. The molecule has 0 fully saturated rings. The number of aromatic nitrogens is 1. The van der Waals surface area contributed by atoms with Crippen LogP contribution in [0.15, 0.2) is 23.1 Å². The van der Waals surface area contributed by atoms with Gasteiger partial charge in [0.1, 0.15) is 5.56 Å². The van der Waals surface area contributed by atoms with E-state index in [1.165, 1.54) is 20.4 Å². The van der Waals surface area contributed by atoms with Gasteiger partial charge in [-0.1, -0.05) is 6.92 Å². The third-order valence-corrected chi connectivity index (χ3v) is 3.04. The number of hydrogen-bond donors (Lipinski definition) is 1. The van der Waals surface area contributed by atoms with Crippen LogP contribution in [0.5, 0.6) is 11.5 Å². The fourth-order valence-electron chi connectivity index (χ4n) is 1.97. The molecular formula is C15H17NO5. The highest BCUT2D eigenvalue weighted by Crippen LogP contribution is 2.30. The molecule has 0 amide bonds. The molecule has 0 spiro atoms. The molecular weight excluding hydrogens is 274 g/mol. The second-order valence-electron chi connectivity index (χ2n) is 4.42. The number of esters is 1. The standard InChI is InChI=1S/C15H17NO5/c1-4-5-21-15(18)10-8-16-11-7-13(20-3)12(19-2)6-9(11)14(10)17/h6-8H,4-5H2,1-3H3,(H,16,17).